The van der Waals surface area contributed by atoms with E-state index in [1.165, 1.54) is 37.8 Å². The molecule has 1 aliphatic rings. The average molecular weight is 544 g/mol. The van der Waals surface area contributed by atoms with Crippen molar-refractivity contribution < 1.29 is 13.5 Å². The van der Waals surface area contributed by atoms with Crippen molar-refractivity contribution in [1.29, 1.82) is 0 Å². The fourth-order valence-electron chi connectivity index (χ4n) is 4.02. The first-order chi connectivity index (χ1) is 14.6. The van der Waals surface area contributed by atoms with Gasteiger partial charge in [-0.05, 0) is 55.9 Å². The number of rotatable bonds is 10. The SMILES string of the molecule is CCOCCC1(CNC(=NC)NCCc2coc(-c3ccc(F)cc3)n2)CCCC1.I. The fourth-order valence-corrected chi connectivity index (χ4v) is 4.02. The van der Waals surface area contributed by atoms with Crippen molar-refractivity contribution in [2.24, 2.45) is 10.4 Å². The van der Waals surface area contributed by atoms with Gasteiger partial charge in [-0.25, -0.2) is 9.37 Å². The molecule has 3 rings (SSSR count). The van der Waals surface area contributed by atoms with Crippen LogP contribution < -0.4 is 10.6 Å². The number of hydrogen-bond acceptors (Lipinski definition) is 4. The van der Waals surface area contributed by atoms with Crippen LogP contribution in [0.4, 0.5) is 4.39 Å². The second-order valence-electron chi connectivity index (χ2n) is 7.91. The van der Waals surface area contributed by atoms with Crippen molar-refractivity contribution in [2.75, 3.05) is 33.4 Å². The molecule has 0 spiro atoms. The molecule has 1 aromatic heterocycles. The molecule has 0 unspecified atom stereocenters. The van der Waals surface area contributed by atoms with E-state index >= 15 is 0 Å². The normalized spacial score (nSPS) is 15.5. The Morgan fingerprint density at radius 2 is 1.97 bits per heavy atom. The molecule has 6 nitrogen and oxygen atoms in total. The van der Waals surface area contributed by atoms with Gasteiger partial charge in [-0.2, -0.15) is 0 Å². The Balaban J connectivity index is 0.00000341. The molecular formula is C23H34FIN4O2. The Hall–Kier alpha value is -1.68. The van der Waals surface area contributed by atoms with Gasteiger partial charge in [0.05, 0.1) is 5.69 Å². The van der Waals surface area contributed by atoms with Crippen molar-refractivity contribution in [3.63, 3.8) is 0 Å². The summed E-state index contributed by atoms with van der Waals surface area (Å²) in [5, 5.41) is 6.86. The van der Waals surface area contributed by atoms with E-state index in [0.717, 1.165) is 43.4 Å². The van der Waals surface area contributed by atoms with Gasteiger partial charge in [0.25, 0.3) is 0 Å². The smallest absolute Gasteiger partial charge is 0.226 e. The van der Waals surface area contributed by atoms with Crippen LogP contribution in [0.25, 0.3) is 11.5 Å². The molecule has 8 heteroatoms. The van der Waals surface area contributed by atoms with Crippen molar-refractivity contribution in [2.45, 2.75) is 45.4 Å². The lowest BCUT2D eigenvalue weighted by Gasteiger charge is -2.30. The van der Waals surface area contributed by atoms with E-state index in [9.17, 15) is 4.39 Å². The highest BCUT2D eigenvalue weighted by Gasteiger charge is 2.33. The first-order valence-corrected chi connectivity index (χ1v) is 10.9. The molecule has 0 aliphatic heterocycles. The monoisotopic (exact) mass is 544 g/mol. The lowest BCUT2D eigenvalue weighted by molar-refractivity contribution is 0.105. The van der Waals surface area contributed by atoms with E-state index in [1.54, 1.807) is 25.4 Å². The predicted molar refractivity (Wildman–Crippen MR) is 132 cm³/mol. The number of aromatic nitrogens is 1. The summed E-state index contributed by atoms with van der Waals surface area (Å²) in [4.78, 5) is 8.84. The van der Waals surface area contributed by atoms with Gasteiger partial charge in [-0.1, -0.05) is 12.8 Å². The summed E-state index contributed by atoms with van der Waals surface area (Å²) in [6, 6.07) is 6.14. The molecule has 172 valence electrons. The van der Waals surface area contributed by atoms with Crippen LogP contribution >= 0.6 is 24.0 Å². The molecular weight excluding hydrogens is 510 g/mol. The Labute approximate surface area is 201 Å². The second kappa shape index (κ2) is 13.0. The fraction of sp³-hybridized carbons (Fsp3) is 0.565. The Bertz CT molecular complexity index is 804. The highest BCUT2D eigenvalue weighted by molar-refractivity contribution is 14.0. The summed E-state index contributed by atoms with van der Waals surface area (Å²) in [5.74, 6) is 1.04. The number of benzene rings is 1. The number of nitrogens with zero attached hydrogens (tertiary/aromatic N) is 2. The average Bonchev–Trinajstić information content (AvgIpc) is 3.42. The van der Waals surface area contributed by atoms with E-state index in [1.807, 2.05) is 6.92 Å². The first-order valence-electron chi connectivity index (χ1n) is 10.9. The van der Waals surface area contributed by atoms with Crippen LogP contribution in [0.5, 0.6) is 0 Å². The van der Waals surface area contributed by atoms with Crippen LogP contribution in [0.3, 0.4) is 0 Å². The number of nitrogens with one attached hydrogen (secondary N) is 2. The number of halogens is 2. The van der Waals surface area contributed by atoms with Gasteiger partial charge in [0.15, 0.2) is 5.96 Å². The molecule has 1 saturated carbocycles. The number of hydrogen-bond donors (Lipinski definition) is 2. The van der Waals surface area contributed by atoms with Crippen molar-refractivity contribution in [3.8, 4) is 11.5 Å². The zero-order valence-corrected chi connectivity index (χ0v) is 20.8. The minimum Gasteiger partial charge on any atom is -0.444 e. The summed E-state index contributed by atoms with van der Waals surface area (Å²) >= 11 is 0. The van der Waals surface area contributed by atoms with Crippen molar-refractivity contribution >= 4 is 29.9 Å². The molecule has 1 heterocycles. The molecule has 2 aromatic rings. The minimum atomic E-state index is -0.272. The summed E-state index contributed by atoms with van der Waals surface area (Å²) in [6.07, 6.45) is 8.53. The highest BCUT2D eigenvalue weighted by atomic mass is 127. The maximum absolute atomic E-state index is 13.1. The van der Waals surface area contributed by atoms with Crippen LogP contribution in [0, 0.1) is 11.2 Å². The third-order valence-electron chi connectivity index (χ3n) is 5.82. The predicted octanol–water partition coefficient (Wildman–Crippen LogP) is 4.79. The first kappa shape index (κ1) is 25.6. The van der Waals surface area contributed by atoms with Crippen LogP contribution in [0.15, 0.2) is 39.9 Å². The quantitative estimate of drug-likeness (QED) is 0.195. The summed E-state index contributed by atoms with van der Waals surface area (Å²) < 4.78 is 24.2. The second-order valence-corrected chi connectivity index (χ2v) is 7.91. The van der Waals surface area contributed by atoms with Gasteiger partial charge in [0, 0.05) is 45.3 Å². The van der Waals surface area contributed by atoms with Crippen molar-refractivity contribution in [1.82, 2.24) is 15.6 Å². The standard InChI is InChI=1S/C23H33FN4O2.HI/c1-3-29-15-13-23(11-4-5-12-23)17-27-22(25-2)26-14-10-20-16-30-21(28-20)18-6-8-19(24)9-7-18;/h6-9,16H,3-5,10-15,17H2,1-2H3,(H2,25,26,27);1H. The topological polar surface area (TPSA) is 71.7 Å². The van der Waals surface area contributed by atoms with E-state index in [-0.39, 0.29) is 29.8 Å². The highest BCUT2D eigenvalue weighted by Crippen LogP contribution is 2.40. The number of oxazole rings is 1. The summed E-state index contributed by atoms with van der Waals surface area (Å²) in [6.45, 7) is 5.26. The third kappa shape index (κ3) is 7.75. The van der Waals surface area contributed by atoms with Crippen LogP contribution in [0.2, 0.25) is 0 Å². The molecule has 0 bridgehead atoms. The number of aliphatic imine (C=N–C) groups is 1. The van der Waals surface area contributed by atoms with Gasteiger partial charge in [-0.3, -0.25) is 4.99 Å². The molecule has 0 amide bonds. The Morgan fingerprint density at radius 3 is 2.65 bits per heavy atom. The van der Waals surface area contributed by atoms with E-state index in [0.29, 0.717) is 24.3 Å². The number of ether oxygens (including phenoxy) is 1. The maximum Gasteiger partial charge on any atom is 0.226 e. The molecule has 0 radical (unpaired) electrons. The summed E-state index contributed by atoms with van der Waals surface area (Å²) in [7, 11) is 1.79. The third-order valence-corrected chi connectivity index (χ3v) is 5.82. The van der Waals surface area contributed by atoms with Crippen LogP contribution in [-0.4, -0.2) is 44.3 Å². The molecule has 0 atom stereocenters. The Morgan fingerprint density at radius 1 is 1.23 bits per heavy atom. The van der Waals surface area contributed by atoms with Gasteiger partial charge in [0.2, 0.25) is 5.89 Å². The van der Waals surface area contributed by atoms with E-state index in [4.69, 9.17) is 9.15 Å². The molecule has 2 N–H and O–H groups in total. The lowest BCUT2D eigenvalue weighted by atomic mass is 9.83. The minimum absolute atomic E-state index is 0. The maximum atomic E-state index is 13.1. The molecule has 1 aliphatic carbocycles. The zero-order valence-electron chi connectivity index (χ0n) is 18.5. The zero-order chi connectivity index (χ0) is 21.2. The molecule has 31 heavy (non-hydrogen) atoms. The molecule has 1 aromatic carbocycles. The summed E-state index contributed by atoms with van der Waals surface area (Å²) in [5.41, 5.74) is 1.92. The molecule has 1 fully saturated rings. The largest absolute Gasteiger partial charge is 0.444 e. The lowest BCUT2D eigenvalue weighted by Crippen LogP contribution is -2.44. The number of guanidine groups is 1. The van der Waals surface area contributed by atoms with E-state index < -0.39 is 0 Å². The van der Waals surface area contributed by atoms with Gasteiger partial charge >= 0.3 is 0 Å². The van der Waals surface area contributed by atoms with Crippen molar-refractivity contribution in [3.05, 3.63) is 42.0 Å². The van der Waals surface area contributed by atoms with E-state index in [2.05, 4.69) is 20.6 Å². The molecule has 0 saturated heterocycles. The van der Waals surface area contributed by atoms with Crippen LogP contribution in [-0.2, 0) is 11.2 Å². The van der Waals surface area contributed by atoms with Gasteiger partial charge in [-0.15, -0.1) is 24.0 Å². The van der Waals surface area contributed by atoms with Crippen LogP contribution in [0.1, 0.15) is 44.7 Å². The Kier molecular flexibility index (Phi) is 10.7. The van der Waals surface area contributed by atoms with Gasteiger partial charge < -0.3 is 19.8 Å². The van der Waals surface area contributed by atoms with Gasteiger partial charge in [0.1, 0.15) is 12.1 Å².